The molecule has 0 spiro atoms. The largest absolute Gasteiger partial charge is 0.506 e. The van der Waals surface area contributed by atoms with Crippen molar-refractivity contribution in [3.05, 3.63) is 77.9 Å². The van der Waals surface area contributed by atoms with E-state index < -0.39 is 6.04 Å². The SMILES string of the molecule is O=C(NCCc1ccccc1)C1CCCN1C(=O)c1ccc2ccccc2c1O. The summed E-state index contributed by atoms with van der Waals surface area (Å²) in [5.74, 6) is -0.454. The van der Waals surface area contributed by atoms with Crippen LogP contribution in [0.25, 0.3) is 10.8 Å². The lowest BCUT2D eigenvalue weighted by molar-refractivity contribution is -0.124. The van der Waals surface area contributed by atoms with E-state index in [0.717, 1.165) is 23.8 Å². The molecule has 1 unspecified atom stereocenters. The number of phenolic OH excluding ortho intramolecular Hbond substituents is 1. The molecule has 2 amide bonds. The van der Waals surface area contributed by atoms with Crippen molar-refractivity contribution in [2.45, 2.75) is 25.3 Å². The van der Waals surface area contributed by atoms with Crippen LogP contribution in [0.5, 0.6) is 5.75 Å². The van der Waals surface area contributed by atoms with Gasteiger partial charge in [0.1, 0.15) is 11.8 Å². The fraction of sp³-hybridized carbons (Fsp3) is 0.250. The predicted octanol–water partition coefficient (Wildman–Crippen LogP) is 3.51. The van der Waals surface area contributed by atoms with Gasteiger partial charge in [0.2, 0.25) is 5.91 Å². The molecule has 0 bridgehead atoms. The van der Waals surface area contributed by atoms with E-state index in [1.165, 1.54) is 0 Å². The van der Waals surface area contributed by atoms with E-state index in [4.69, 9.17) is 0 Å². The molecule has 0 aromatic heterocycles. The molecule has 5 heteroatoms. The highest BCUT2D eigenvalue weighted by Crippen LogP contribution is 2.31. The van der Waals surface area contributed by atoms with Crippen LogP contribution >= 0.6 is 0 Å². The zero-order valence-corrected chi connectivity index (χ0v) is 16.2. The van der Waals surface area contributed by atoms with Gasteiger partial charge in [0.25, 0.3) is 5.91 Å². The number of nitrogens with one attached hydrogen (secondary N) is 1. The zero-order chi connectivity index (χ0) is 20.2. The number of likely N-dealkylation sites (tertiary alicyclic amines) is 1. The van der Waals surface area contributed by atoms with Crippen LogP contribution < -0.4 is 5.32 Å². The monoisotopic (exact) mass is 388 g/mol. The lowest BCUT2D eigenvalue weighted by Crippen LogP contribution is -2.46. The lowest BCUT2D eigenvalue weighted by atomic mass is 10.0. The highest BCUT2D eigenvalue weighted by Gasteiger charge is 2.35. The number of phenols is 1. The number of amides is 2. The van der Waals surface area contributed by atoms with E-state index in [-0.39, 0.29) is 23.1 Å². The van der Waals surface area contributed by atoms with E-state index in [0.29, 0.717) is 24.9 Å². The number of benzene rings is 3. The minimum Gasteiger partial charge on any atom is -0.506 e. The quantitative estimate of drug-likeness (QED) is 0.703. The molecule has 1 heterocycles. The summed E-state index contributed by atoms with van der Waals surface area (Å²) in [4.78, 5) is 27.4. The molecule has 1 fully saturated rings. The second kappa shape index (κ2) is 8.35. The molecule has 29 heavy (non-hydrogen) atoms. The second-order valence-electron chi connectivity index (χ2n) is 7.37. The van der Waals surface area contributed by atoms with Crippen LogP contribution in [0.4, 0.5) is 0 Å². The van der Waals surface area contributed by atoms with Gasteiger partial charge in [-0.2, -0.15) is 0 Å². The van der Waals surface area contributed by atoms with Crippen molar-refractivity contribution in [3.8, 4) is 5.75 Å². The maximum atomic E-state index is 13.1. The summed E-state index contributed by atoms with van der Waals surface area (Å²) >= 11 is 0. The van der Waals surface area contributed by atoms with Crippen molar-refractivity contribution in [1.29, 1.82) is 0 Å². The molecule has 1 atom stereocenters. The Kier molecular flexibility index (Phi) is 5.47. The third-order valence-electron chi connectivity index (χ3n) is 5.50. The Labute approximate surface area is 170 Å². The summed E-state index contributed by atoms with van der Waals surface area (Å²) in [6.07, 6.45) is 2.16. The van der Waals surface area contributed by atoms with Gasteiger partial charge >= 0.3 is 0 Å². The number of hydrogen-bond donors (Lipinski definition) is 2. The van der Waals surface area contributed by atoms with Gasteiger partial charge in [0.15, 0.2) is 0 Å². The van der Waals surface area contributed by atoms with Crippen LogP contribution in [-0.4, -0.2) is 41.0 Å². The smallest absolute Gasteiger partial charge is 0.258 e. The third-order valence-corrected chi connectivity index (χ3v) is 5.50. The molecule has 1 aliphatic rings. The van der Waals surface area contributed by atoms with E-state index in [1.807, 2.05) is 54.6 Å². The van der Waals surface area contributed by atoms with Gasteiger partial charge in [-0.15, -0.1) is 0 Å². The highest BCUT2D eigenvalue weighted by atomic mass is 16.3. The average Bonchev–Trinajstić information content (AvgIpc) is 3.24. The van der Waals surface area contributed by atoms with Gasteiger partial charge in [-0.3, -0.25) is 9.59 Å². The van der Waals surface area contributed by atoms with Gasteiger partial charge in [-0.05, 0) is 36.3 Å². The predicted molar refractivity (Wildman–Crippen MR) is 113 cm³/mol. The molecule has 3 aromatic carbocycles. The van der Waals surface area contributed by atoms with Crippen molar-refractivity contribution < 1.29 is 14.7 Å². The summed E-state index contributed by atoms with van der Waals surface area (Å²) in [6, 6.07) is 20.3. The van der Waals surface area contributed by atoms with Crippen LogP contribution in [0.1, 0.15) is 28.8 Å². The van der Waals surface area contributed by atoms with Crippen LogP contribution in [0.3, 0.4) is 0 Å². The van der Waals surface area contributed by atoms with Gasteiger partial charge in [-0.1, -0.05) is 60.7 Å². The Morgan fingerprint density at radius 3 is 2.59 bits per heavy atom. The van der Waals surface area contributed by atoms with Crippen molar-refractivity contribution in [2.75, 3.05) is 13.1 Å². The summed E-state index contributed by atoms with van der Waals surface area (Å²) in [5, 5.41) is 15.1. The van der Waals surface area contributed by atoms with Crippen LogP contribution in [0.2, 0.25) is 0 Å². The Balaban J connectivity index is 1.45. The van der Waals surface area contributed by atoms with Gasteiger partial charge in [-0.25, -0.2) is 0 Å². The Morgan fingerprint density at radius 2 is 1.76 bits per heavy atom. The molecular formula is C24H24N2O3. The van der Waals surface area contributed by atoms with Crippen molar-refractivity contribution in [2.24, 2.45) is 0 Å². The van der Waals surface area contributed by atoms with E-state index in [2.05, 4.69) is 5.32 Å². The number of rotatable bonds is 5. The first-order valence-corrected chi connectivity index (χ1v) is 9.98. The number of hydrogen-bond acceptors (Lipinski definition) is 3. The maximum absolute atomic E-state index is 13.1. The molecule has 0 saturated carbocycles. The first-order valence-electron chi connectivity index (χ1n) is 9.98. The van der Waals surface area contributed by atoms with E-state index >= 15 is 0 Å². The standard InChI is InChI=1S/C24H24N2O3/c27-22-19-10-5-4-9-18(19)12-13-20(22)24(29)26-16-6-11-21(26)23(28)25-15-14-17-7-2-1-3-8-17/h1-5,7-10,12-13,21,27H,6,11,14-16H2,(H,25,28). The summed E-state index contributed by atoms with van der Waals surface area (Å²) < 4.78 is 0. The molecule has 5 nitrogen and oxygen atoms in total. The minimum absolute atomic E-state index is 0.0248. The zero-order valence-electron chi connectivity index (χ0n) is 16.2. The molecule has 1 aliphatic heterocycles. The summed E-state index contributed by atoms with van der Waals surface area (Å²) in [5.41, 5.74) is 1.40. The van der Waals surface area contributed by atoms with Gasteiger partial charge in [0.05, 0.1) is 5.56 Å². The van der Waals surface area contributed by atoms with E-state index in [1.54, 1.807) is 17.0 Å². The lowest BCUT2D eigenvalue weighted by Gasteiger charge is -2.24. The van der Waals surface area contributed by atoms with Gasteiger partial charge < -0.3 is 15.3 Å². The molecule has 2 N–H and O–H groups in total. The third kappa shape index (κ3) is 3.94. The fourth-order valence-corrected chi connectivity index (χ4v) is 3.96. The average molecular weight is 388 g/mol. The fourth-order valence-electron chi connectivity index (χ4n) is 3.96. The number of nitrogens with zero attached hydrogens (tertiary/aromatic N) is 1. The highest BCUT2D eigenvalue weighted by molar-refractivity contribution is 6.05. The topological polar surface area (TPSA) is 69.6 Å². The Hall–Kier alpha value is -3.34. The molecule has 148 valence electrons. The van der Waals surface area contributed by atoms with Crippen LogP contribution in [-0.2, 0) is 11.2 Å². The maximum Gasteiger partial charge on any atom is 0.258 e. The van der Waals surface area contributed by atoms with Crippen LogP contribution in [0.15, 0.2) is 66.7 Å². The molecule has 1 saturated heterocycles. The number of aromatic hydroxyl groups is 1. The Morgan fingerprint density at radius 1 is 1.00 bits per heavy atom. The normalized spacial score (nSPS) is 16.1. The van der Waals surface area contributed by atoms with E-state index in [9.17, 15) is 14.7 Å². The van der Waals surface area contributed by atoms with Crippen molar-refractivity contribution in [1.82, 2.24) is 10.2 Å². The number of carbonyl (C=O) groups excluding carboxylic acids is 2. The molecule has 0 aliphatic carbocycles. The summed E-state index contributed by atoms with van der Waals surface area (Å²) in [7, 11) is 0. The first-order chi connectivity index (χ1) is 14.1. The van der Waals surface area contributed by atoms with Crippen molar-refractivity contribution in [3.63, 3.8) is 0 Å². The van der Waals surface area contributed by atoms with Gasteiger partial charge in [0, 0.05) is 18.5 Å². The molecular weight excluding hydrogens is 364 g/mol. The van der Waals surface area contributed by atoms with Crippen LogP contribution in [0, 0.1) is 0 Å². The minimum atomic E-state index is -0.496. The molecule has 0 radical (unpaired) electrons. The molecule has 4 rings (SSSR count). The summed E-state index contributed by atoms with van der Waals surface area (Å²) in [6.45, 7) is 1.05. The Bertz CT molecular complexity index is 1030. The molecule has 3 aromatic rings. The van der Waals surface area contributed by atoms with Crippen molar-refractivity contribution >= 4 is 22.6 Å². The number of carbonyl (C=O) groups is 2. The number of fused-ring (bicyclic) bond motifs is 1. The first kappa shape index (κ1) is 19.0. The second-order valence-corrected chi connectivity index (χ2v) is 7.37.